The molecule has 0 aliphatic carbocycles. The van der Waals surface area contributed by atoms with Crippen LogP contribution < -0.4 is 15.4 Å². The van der Waals surface area contributed by atoms with E-state index < -0.39 is 0 Å². The second-order valence-electron chi connectivity index (χ2n) is 7.98. The summed E-state index contributed by atoms with van der Waals surface area (Å²) in [5.41, 5.74) is 5.16. The van der Waals surface area contributed by atoms with Crippen LogP contribution in [0.5, 0.6) is 5.75 Å². The van der Waals surface area contributed by atoms with Crippen molar-refractivity contribution in [3.05, 3.63) is 66.0 Å². The summed E-state index contributed by atoms with van der Waals surface area (Å²) in [6, 6.07) is 7.66. The number of hydrogen-bond donors (Lipinski definition) is 2. The highest BCUT2D eigenvalue weighted by Gasteiger charge is 2.20. The zero-order valence-electron chi connectivity index (χ0n) is 19.3. The summed E-state index contributed by atoms with van der Waals surface area (Å²) < 4.78 is 5.51. The van der Waals surface area contributed by atoms with Gasteiger partial charge in [0.2, 0.25) is 0 Å². The maximum absolute atomic E-state index is 13.0. The monoisotopic (exact) mass is 442 g/mol. The summed E-state index contributed by atoms with van der Waals surface area (Å²) in [6.45, 7) is 6.01. The van der Waals surface area contributed by atoms with Crippen molar-refractivity contribution in [3.63, 3.8) is 0 Å². The topological polar surface area (TPSA) is 102 Å². The Kier molecular flexibility index (Phi) is 6.17. The molecule has 2 N–H and O–H groups in total. The predicted octanol–water partition coefficient (Wildman–Crippen LogP) is 4.82. The molecule has 0 saturated heterocycles. The number of anilines is 2. The highest BCUT2D eigenvalue weighted by molar-refractivity contribution is 6.05. The molecule has 0 aliphatic heterocycles. The van der Waals surface area contributed by atoms with Crippen LogP contribution in [0, 0.1) is 6.92 Å². The van der Waals surface area contributed by atoms with E-state index in [1.165, 1.54) is 0 Å². The Morgan fingerprint density at radius 2 is 1.85 bits per heavy atom. The molecule has 0 fully saturated rings. The maximum Gasteiger partial charge on any atom is 0.278 e. The van der Waals surface area contributed by atoms with E-state index in [1.54, 1.807) is 31.9 Å². The highest BCUT2D eigenvalue weighted by atomic mass is 16.5. The molecule has 168 valence electrons. The molecule has 33 heavy (non-hydrogen) atoms. The Hall–Kier alpha value is -4.07. The van der Waals surface area contributed by atoms with Gasteiger partial charge >= 0.3 is 0 Å². The van der Waals surface area contributed by atoms with E-state index >= 15 is 0 Å². The number of pyridine rings is 4. The Morgan fingerprint density at radius 3 is 2.58 bits per heavy atom. The van der Waals surface area contributed by atoms with Crippen LogP contribution in [-0.4, -0.2) is 40.0 Å². The van der Waals surface area contributed by atoms with Crippen molar-refractivity contribution in [1.29, 1.82) is 0 Å². The van der Waals surface area contributed by atoms with Crippen LogP contribution >= 0.6 is 0 Å². The third-order valence-corrected chi connectivity index (χ3v) is 5.45. The van der Waals surface area contributed by atoms with Gasteiger partial charge in [-0.3, -0.25) is 14.8 Å². The number of methoxy groups -OCH3 is 1. The molecule has 4 rings (SSSR count). The van der Waals surface area contributed by atoms with E-state index in [9.17, 15) is 4.79 Å². The summed E-state index contributed by atoms with van der Waals surface area (Å²) in [6.07, 6.45) is 6.84. The first kappa shape index (κ1) is 22.1. The van der Waals surface area contributed by atoms with Gasteiger partial charge < -0.3 is 15.4 Å². The quantitative estimate of drug-likeness (QED) is 0.441. The zero-order chi connectivity index (χ0) is 23.5. The molecule has 0 atom stereocenters. The van der Waals surface area contributed by atoms with Crippen molar-refractivity contribution in [2.45, 2.75) is 26.7 Å². The van der Waals surface area contributed by atoms with Crippen molar-refractivity contribution in [2.24, 2.45) is 0 Å². The number of fused-ring (bicyclic) bond motifs is 1. The lowest BCUT2D eigenvalue weighted by Crippen LogP contribution is -2.16. The van der Waals surface area contributed by atoms with E-state index in [2.05, 4.69) is 30.6 Å². The number of amides is 1. The number of carbonyl (C=O) groups excluding carboxylic acids is 1. The molecule has 1 amide bonds. The minimum atomic E-state index is -0.355. The number of carbonyl (C=O) groups is 1. The Morgan fingerprint density at radius 1 is 1.03 bits per heavy atom. The lowest BCUT2D eigenvalue weighted by Gasteiger charge is -2.15. The highest BCUT2D eigenvalue weighted by Crippen LogP contribution is 2.30. The van der Waals surface area contributed by atoms with Crippen LogP contribution in [-0.2, 0) is 0 Å². The van der Waals surface area contributed by atoms with Gasteiger partial charge in [-0.1, -0.05) is 13.8 Å². The smallest absolute Gasteiger partial charge is 0.278 e. The van der Waals surface area contributed by atoms with E-state index in [1.807, 2.05) is 52.1 Å². The van der Waals surface area contributed by atoms with E-state index in [4.69, 9.17) is 4.74 Å². The van der Waals surface area contributed by atoms with Crippen molar-refractivity contribution in [3.8, 4) is 16.9 Å². The van der Waals surface area contributed by atoms with Crippen LogP contribution in [0.3, 0.4) is 0 Å². The summed E-state index contributed by atoms with van der Waals surface area (Å²) in [4.78, 5) is 30.7. The third-order valence-electron chi connectivity index (χ3n) is 5.45. The normalized spacial score (nSPS) is 11.0. The minimum absolute atomic E-state index is 0.196. The molecular weight excluding hydrogens is 416 g/mol. The van der Waals surface area contributed by atoms with Gasteiger partial charge in [0.15, 0.2) is 11.4 Å². The first-order valence-electron chi connectivity index (χ1n) is 10.7. The van der Waals surface area contributed by atoms with Crippen LogP contribution in [0.25, 0.3) is 22.0 Å². The molecule has 0 saturated carbocycles. The number of nitrogens with one attached hydrogen (secondary N) is 2. The number of hydrogen-bond acceptors (Lipinski definition) is 7. The van der Waals surface area contributed by atoms with Gasteiger partial charge in [0.1, 0.15) is 5.82 Å². The first-order valence-corrected chi connectivity index (χ1v) is 10.7. The predicted molar refractivity (Wildman–Crippen MR) is 130 cm³/mol. The van der Waals surface area contributed by atoms with E-state index in [0.717, 1.165) is 39.1 Å². The number of aryl methyl sites for hydroxylation is 1. The van der Waals surface area contributed by atoms with Gasteiger partial charge in [-0.2, -0.15) is 0 Å². The fourth-order valence-corrected chi connectivity index (χ4v) is 3.68. The zero-order valence-corrected chi connectivity index (χ0v) is 19.3. The summed E-state index contributed by atoms with van der Waals surface area (Å²) in [5.74, 6) is 1.08. The summed E-state index contributed by atoms with van der Waals surface area (Å²) in [5, 5.41) is 6.84. The molecule has 0 spiro atoms. The van der Waals surface area contributed by atoms with Gasteiger partial charge in [0.25, 0.3) is 5.91 Å². The number of rotatable bonds is 6. The molecule has 0 aromatic carbocycles. The molecule has 8 nitrogen and oxygen atoms in total. The van der Waals surface area contributed by atoms with Gasteiger partial charge in [-0.05, 0) is 31.0 Å². The Bertz CT molecular complexity index is 1340. The van der Waals surface area contributed by atoms with Gasteiger partial charge in [0, 0.05) is 59.5 Å². The molecule has 0 radical (unpaired) electrons. The number of ether oxygens (including phenoxy) is 1. The third kappa shape index (κ3) is 4.45. The van der Waals surface area contributed by atoms with Crippen LogP contribution in [0.2, 0.25) is 0 Å². The van der Waals surface area contributed by atoms with Crippen molar-refractivity contribution < 1.29 is 9.53 Å². The van der Waals surface area contributed by atoms with Crippen molar-refractivity contribution in [2.75, 3.05) is 24.8 Å². The lowest BCUT2D eigenvalue weighted by atomic mass is 10.0. The van der Waals surface area contributed by atoms with Crippen LogP contribution in [0.1, 0.15) is 41.5 Å². The average Bonchev–Trinajstić information content (AvgIpc) is 2.83. The van der Waals surface area contributed by atoms with Gasteiger partial charge in [-0.25, -0.2) is 9.97 Å². The number of aromatic nitrogens is 4. The molecule has 4 aromatic heterocycles. The maximum atomic E-state index is 13.0. The molecule has 8 heteroatoms. The van der Waals surface area contributed by atoms with E-state index in [0.29, 0.717) is 11.4 Å². The van der Waals surface area contributed by atoms with Gasteiger partial charge in [0.05, 0.1) is 24.5 Å². The Labute approximate surface area is 192 Å². The first-order chi connectivity index (χ1) is 15.9. The average molecular weight is 443 g/mol. The molecule has 4 aromatic rings. The fraction of sp³-hybridized carbons (Fsp3) is 0.240. The van der Waals surface area contributed by atoms with Crippen LogP contribution in [0.4, 0.5) is 11.5 Å². The molecule has 0 unspecified atom stereocenters. The molecular formula is C25H26N6O2. The fourth-order valence-electron chi connectivity index (χ4n) is 3.68. The minimum Gasteiger partial charge on any atom is -0.494 e. The van der Waals surface area contributed by atoms with Gasteiger partial charge in [-0.15, -0.1) is 0 Å². The van der Waals surface area contributed by atoms with Crippen molar-refractivity contribution in [1.82, 2.24) is 19.9 Å². The van der Waals surface area contributed by atoms with E-state index in [-0.39, 0.29) is 17.5 Å². The second kappa shape index (κ2) is 9.20. The Balaban J connectivity index is 1.67. The van der Waals surface area contributed by atoms with Crippen molar-refractivity contribution >= 4 is 28.3 Å². The summed E-state index contributed by atoms with van der Waals surface area (Å²) >= 11 is 0. The van der Waals surface area contributed by atoms with Crippen LogP contribution in [0.15, 0.2) is 49.1 Å². The standard InChI is InChI=1S/C25H26N6O2/c1-14(2)19-6-7-27-23(24(19)33-5)25(32)31-18-9-20(15(3)28-13-18)16-8-17-12-30-22(26-4)10-21(17)29-11-16/h6-14H,1-5H3,(H,26,30)(H,31,32). The number of nitrogens with zero attached hydrogens (tertiary/aromatic N) is 4. The summed E-state index contributed by atoms with van der Waals surface area (Å²) in [7, 11) is 3.37. The molecule has 0 aliphatic rings. The molecule has 4 heterocycles. The SMILES string of the molecule is CNc1cc2ncc(-c3cc(NC(=O)c4nccc(C(C)C)c4OC)cnc3C)cc2cn1. The lowest BCUT2D eigenvalue weighted by molar-refractivity contribution is 0.101. The molecule has 0 bridgehead atoms. The second-order valence-corrected chi connectivity index (χ2v) is 7.98. The largest absolute Gasteiger partial charge is 0.494 e.